The number of carbonyl (C=O) groups excluding carboxylic acids is 1. The molecule has 1 aliphatic rings. The van der Waals surface area contributed by atoms with E-state index in [-0.39, 0.29) is 17.7 Å². The second-order valence-electron chi connectivity index (χ2n) is 6.04. The quantitative estimate of drug-likeness (QED) is 0.843. The van der Waals surface area contributed by atoms with Crippen molar-refractivity contribution in [3.8, 4) is 5.75 Å². The number of aromatic hydroxyl groups is 1. The van der Waals surface area contributed by atoms with Crippen LogP contribution in [0.5, 0.6) is 5.75 Å². The number of benzene rings is 1. The molecule has 0 aromatic heterocycles. The summed E-state index contributed by atoms with van der Waals surface area (Å²) in [5, 5.41) is 9.96. The van der Waals surface area contributed by atoms with Crippen molar-refractivity contribution in [3.05, 3.63) is 29.3 Å². The van der Waals surface area contributed by atoms with Gasteiger partial charge in [-0.2, -0.15) is 0 Å². The van der Waals surface area contributed by atoms with Crippen molar-refractivity contribution in [2.45, 2.75) is 40.2 Å². The van der Waals surface area contributed by atoms with Crippen molar-refractivity contribution >= 4 is 5.91 Å². The summed E-state index contributed by atoms with van der Waals surface area (Å²) in [4.78, 5) is 14.5. The highest BCUT2D eigenvalue weighted by Gasteiger charge is 2.33. The highest BCUT2D eigenvalue weighted by molar-refractivity contribution is 5.97. The number of phenolic OH excluding ortho intramolecular Hbond substituents is 1. The molecule has 0 bridgehead atoms. The lowest BCUT2D eigenvalue weighted by molar-refractivity contribution is 0.0453. The first-order chi connectivity index (χ1) is 8.90. The minimum Gasteiger partial charge on any atom is -0.507 e. The minimum atomic E-state index is -0.0524. The molecule has 1 aliphatic heterocycles. The average Bonchev–Trinajstić information content (AvgIpc) is 2.33. The maximum Gasteiger partial charge on any atom is 0.257 e. The molecule has 104 valence electrons. The maximum atomic E-state index is 12.6. The van der Waals surface area contributed by atoms with E-state index in [9.17, 15) is 9.90 Å². The minimum absolute atomic E-state index is 0.0524. The lowest BCUT2D eigenvalue weighted by Crippen LogP contribution is -2.48. The molecule has 1 fully saturated rings. The zero-order valence-corrected chi connectivity index (χ0v) is 12.2. The fraction of sp³-hybridized carbons (Fsp3) is 0.562. The van der Waals surface area contributed by atoms with Crippen molar-refractivity contribution in [1.82, 2.24) is 4.90 Å². The number of amides is 1. The zero-order chi connectivity index (χ0) is 14.2. The molecular weight excluding hydrogens is 238 g/mol. The number of hydrogen-bond donors (Lipinski definition) is 1. The van der Waals surface area contributed by atoms with Crippen LogP contribution in [0.25, 0.3) is 0 Å². The van der Waals surface area contributed by atoms with E-state index in [1.807, 2.05) is 17.9 Å². The highest BCUT2D eigenvalue weighted by atomic mass is 16.3. The molecule has 1 N–H and O–H groups in total. The first kappa shape index (κ1) is 13.9. The molecule has 3 heteroatoms. The third kappa shape index (κ3) is 2.75. The lowest BCUT2D eigenvalue weighted by atomic mass is 9.85. The van der Waals surface area contributed by atoms with Crippen LogP contribution < -0.4 is 0 Å². The van der Waals surface area contributed by atoms with Crippen LogP contribution in [0.15, 0.2) is 18.2 Å². The van der Waals surface area contributed by atoms with Crippen LogP contribution in [-0.4, -0.2) is 28.5 Å². The van der Waals surface area contributed by atoms with Gasteiger partial charge in [-0.25, -0.2) is 0 Å². The van der Waals surface area contributed by atoms with E-state index in [4.69, 9.17) is 0 Å². The van der Waals surface area contributed by atoms with E-state index < -0.39 is 0 Å². The molecule has 3 nitrogen and oxygen atoms in total. The molecule has 3 unspecified atom stereocenters. The van der Waals surface area contributed by atoms with E-state index in [1.54, 1.807) is 12.1 Å². The predicted octanol–water partition coefficient (Wildman–Crippen LogP) is 3.21. The summed E-state index contributed by atoms with van der Waals surface area (Å²) in [5.41, 5.74) is 1.38. The monoisotopic (exact) mass is 261 g/mol. The molecule has 1 aromatic carbocycles. The van der Waals surface area contributed by atoms with Gasteiger partial charge < -0.3 is 10.0 Å². The largest absolute Gasteiger partial charge is 0.507 e. The molecule has 0 radical (unpaired) electrons. The number of likely N-dealkylation sites (tertiary alicyclic amines) is 1. The third-order valence-electron chi connectivity index (χ3n) is 4.24. The number of rotatable bonds is 1. The van der Waals surface area contributed by atoms with Gasteiger partial charge in [0.15, 0.2) is 0 Å². The Morgan fingerprint density at radius 2 is 2.00 bits per heavy atom. The first-order valence-corrected chi connectivity index (χ1v) is 7.00. The van der Waals surface area contributed by atoms with E-state index in [0.29, 0.717) is 17.4 Å². The SMILES string of the molecule is Cc1ccc(C(=O)N2CC(C)CC(C)C2C)c(O)c1. The van der Waals surface area contributed by atoms with Gasteiger partial charge in [0.2, 0.25) is 0 Å². The maximum absolute atomic E-state index is 12.6. The van der Waals surface area contributed by atoms with Gasteiger partial charge in [0.25, 0.3) is 5.91 Å². The number of phenols is 1. The van der Waals surface area contributed by atoms with Gasteiger partial charge in [-0.05, 0) is 49.8 Å². The molecule has 1 heterocycles. The lowest BCUT2D eigenvalue weighted by Gasteiger charge is -2.41. The number of aryl methyl sites for hydroxylation is 1. The Kier molecular flexibility index (Phi) is 3.83. The predicted molar refractivity (Wildman–Crippen MR) is 76.3 cm³/mol. The van der Waals surface area contributed by atoms with Gasteiger partial charge in [0.05, 0.1) is 5.56 Å². The van der Waals surface area contributed by atoms with Gasteiger partial charge in [0, 0.05) is 12.6 Å². The van der Waals surface area contributed by atoms with E-state index in [1.165, 1.54) is 0 Å². The molecule has 1 amide bonds. The first-order valence-electron chi connectivity index (χ1n) is 7.00. The number of carbonyl (C=O) groups is 1. The Bertz CT molecular complexity index is 484. The summed E-state index contributed by atoms with van der Waals surface area (Å²) in [7, 11) is 0. The summed E-state index contributed by atoms with van der Waals surface area (Å²) < 4.78 is 0. The van der Waals surface area contributed by atoms with Crippen LogP contribution in [0.3, 0.4) is 0 Å². The van der Waals surface area contributed by atoms with Gasteiger partial charge in [-0.3, -0.25) is 4.79 Å². The molecule has 19 heavy (non-hydrogen) atoms. The van der Waals surface area contributed by atoms with E-state index in [2.05, 4.69) is 20.8 Å². The third-order valence-corrected chi connectivity index (χ3v) is 4.24. The molecule has 0 aliphatic carbocycles. The molecule has 3 atom stereocenters. The topological polar surface area (TPSA) is 40.5 Å². The molecule has 1 saturated heterocycles. The summed E-state index contributed by atoms with van der Waals surface area (Å²) >= 11 is 0. The molecule has 2 rings (SSSR count). The van der Waals surface area contributed by atoms with Gasteiger partial charge >= 0.3 is 0 Å². The smallest absolute Gasteiger partial charge is 0.257 e. The Morgan fingerprint density at radius 3 is 2.63 bits per heavy atom. The average molecular weight is 261 g/mol. The van der Waals surface area contributed by atoms with Crippen LogP contribution in [0, 0.1) is 18.8 Å². The van der Waals surface area contributed by atoms with Crippen LogP contribution in [0.2, 0.25) is 0 Å². The molecule has 0 saturated carbocycles. The van der Waals surface area contributed by atoms with Crippen molar-refractivity contribution < 1.29 is 9.90 Å². The van der Waals surface area contributed by atoms with Gasteiger partial charge in [0.1, 0.15) is 5.75 Å². The standard InChI is InChI=1S/C16H23NO2/c1-10-5-6-14(15(18)8-10)16(19)17-9-11(2)7-12(3)13(17)4/h5-6,8,11-13,18H,7,9H2,1-4H3. The van der Waals surface area contributed by atoms with Crippen LogP contribution in [-0.2, 0) is 0 Å². The highest BCUT2D eigenvalue weighted by Crippen LogP contribution is 2.30. The second kappa shape index (κ2) is 5.24. The number of hydrogen-bond acceptors (Lipinski definition) is 2. The van der Waals surface area contributed by atoms with Gasteiger partial charge in [-0.15, -0.1) is 0 Å². The summed E-state index contributed by atoms with van der Waals surface area (Å²) in [6.45, 7) is 9.15. The summed E-state index contributed by atoms with van der Waals surface area (Å²) in [6, 6.07) is 5.47. The van der Waals surface area contributed by atoms with Crippen LogP contribution in [0.4, 0.5) is 0 Å². The van der Waals surface area contributed by atoms with Crippen molar-refractivity contribution in [3.63, 3.8) is 0 Å². The normalized spacial score (nSPS) is 27.4. The van der Waals surface area contributed by atoms with Crippen molar-refractivity contribution in [2.75, 3.05) is 6.54 Å². The Balaban J connectivity index is 2.27. The Hall–Kier alpha value is -1.51. The second-order valence-corrected chi connectivity index (χ2v) is 6.04. The summed E-state index contributed by atoms with van der Waals surface area (Å²) in [5.74, 6) is 1.05. The number of nitrogens with zero attached hydrogens (tertiary/aromatic N) is 1. The fourth-order valence-electron chi connectivity index (χ4n) is 2.96. The van der Waals surface area contributed by atoms with Gasteiger partial charge in [-0.1, -0.05) is 19.9 Å². The molecular formula is C16H23NO2. The van der Waals surface area contributed by atoms with Crippen LogP contribution in [0.1, 0.15) is 43.1 Å². The van der Waals surface area contributed by atoms with E-state index in [0.717, 1.165) is 18.5 Å². The summed E-state index contributed by atoms with van der Waals surface area (Å²) in [6.07, 6.45) is 1.16. The molecule has 0 spiro atoms. The molecule has 1 aromatic rings. The number of piperidine rings is 1. The fourth-order valence-corrected chi connectivity index (χ4v) is 2.96. The van der Waals surface area contributed by atoms with E-state index >= 15 is 0 Å². The van der Waals surface area contributed by atoms with Crippen molar-refractivity contribution in [2.24, 2.45) is 11.8 Å². The Morgan fingerprint density at radius 1 is 1.32 bits per heavy atom. The zero-order valence-electron chi connectivity index (χ0n) is 12.2. The van der Waals surface area contributed by atoms with Crippen molar-refractivity contribution in [1.29, 1.82) is 0 Å². The van der Waals surface area contributed by atoms with Crippen LogP contribution >= 0.6 is 0 Å². The Labute approximate surface area is 115 Å².